The molecule has 0 amide bonds. The van der Waals surface area contributed by atoms with Crippen molar-refractivity contribution < 1.29 is 5.11 Å². The molecule has 0 fully saturated rings. The van der Waals surface area contributed by atoms with Crippen molar-refractivity contribution in [1.29, 1.82) is 0 Å². The molecule has 1 heterocycles. The van der Waals surface area contributed by atoms with Gasteiger partial charge in [0, 0.05) is 17.7 Å². The highest BCUT2D eigenvalue weighted by Gasteiger charge is 2.01. The Morgan fingerprint density at radius 3 is 2.41 bits per heavy atom. The van der Waals surface area contributed by atoms with Crippen molar-refractivity contribution in [3.05, 3.63) is 63.6 Å². The first-order valence-electron chi connectivity index (χ1n) is 5.24. The first-order chi connectivity index (χ1) is 8.19. The Hall–Kier alpha value is -1.74. The predicted molar refractivity (Wildman–Crippen MR) is 67.5 cm³/mol. The molecule has 0 bridgehead atoms. The molecule has 0 aliphatic carbocycles. The molecular weight excluding hydrogens is 238 g/mol. The zero-order chi connectivity index (χ0) is 12.3. The number of alkyl halides is 1. The summed E-state index contributed by atoms with van der Waals surface area (Å²) in [6.07, 6.45) is 0.623. The number of aromatic hydroxyl groups is 1. The molecule has 0 saturated heterocycles. The van der Waals surface area contributed by atoms with Gasteiger partial charge in [-0.3, -0.25) is 4.79 Å². The number of phenols is 1. The normalized spacial score (nSPS) is 10.4. The maximum absolute atomic E-state index is 11.5. The first-order valence-corrected chi connectivity index (χ1v) is 5.77. The number of pyridine rings is 1. The van der Waals surface area contributed by atoms with E-state index in [2.05, 4.69) is 4.98 Å². The molecule has 3 nitrogen and oxygen atoms in total. The quantitative estimate of drug-likeness (QED) is 0.821. The van der Waals surface area contributed by atoms with Crippen molar-refractivity contribution in [3.63, 3.8) is 0 Å². The molecule has 0 radical (unpaired) electrons. The van der Waals surface area contributed by atoms with Crippen LogP contribution in [0.25, 0.3) is 0 Å². The molecule has 0 aliphatic rings. The van der Waals surface area contributed by atoms with Gasteiger partial charge in [-0.15, -0.1) is 11.6 Å². The van der Waals surface area contributed by atoms with Gasteiger partial charge in [-0.25, -0.2) is 0 Å². The molecule has 17 heavy (non-hydrogen) atoms. The lowest BCUT2D eigenvalue weighted by Crippen LogP contribution is -2.13. The van der Waals surface area contributed by atoms with E-state index in [-0.39, 0.29) is 17.2 Å². The van der Waals surface area contributed by atoms with Crippen LogP contribution in [0.15, 0.2) is 41.2 Å². The average Bonchev–Trinajstić information content (AvgIpc) is 2.32. The Morgan fingerprint density at radius 1 is 1.12 bits per heavy atom. The highest BCUT2D eigenvalue weighted by molar-refractivity contribution is 6.17. The zero-order valence-electron chi connectivity index (χ0n) is 9.11. The second-order valence-electron chi connectivity index (χ2n) is 3.81. The molecule has 0 aliphatic heterocycles. The molecule has 2 aromatic rings. The van der Waals surface area contributed by atoms with Gasteiger partial charge in [0.1, 0.15) is 5.75 Å². The Morgan fingerprint density at radius 2 is 1.82 bits per heavy atom. The van der Waals surface area contributed by atoms with Gasteiger partial charge in [0.15, 0.2) is 0 Å². The lowest BCUT2D eigenvalue weighted by Gasteiger charge is -2.03. The van der Waals surface area contributed by atoms with Gasteiger partial charge in [0.25, 0.3) is 5.56 Å². The summed E-state index contributed by atoms with van der Waals surface area (Å²) in [7, 11) is 0. The summed E-state index contributed by atoms with van der Waals surface area (Å²) in [5, 5.41) is 9.16. The molecular formula is C13H12ClNO2. The summed E-state index contributed by atoms with van der Waals surface area (Å²) in [5.74, 6) is 0.453. The van der Waals surface area contributed by atoms with Crippen LogP contribution in [0, 0.1) is 0 Å². The van der Waals surface area contributed by atoms with Crippen LogP contribution < -0.4 is 5.56 Å². The van der Waals surface area contributed by atoms with Gasteiger partial charge in [0.05, 0.1) is 5.88 Å². The fourth-order valence-corrected chi connectivity index (χ4v) is 1.80. The van der Waals surface area contributed by atoms with E-state index in [4.69, 9.17) is 16.7 Å². The number of aromatic nitrogens is 1. The third kappa shape index (κ3) is 2.88. The standard InChI is InChI=1S/C13H12ClNO2/c14-8-10-3-4-11(15-13(10)17)7-9-1-5-12(16)6-2-9/h1-6,16H,7-8H2,(H,15,17). The summed E-state index contributed by atoms with van der Waals surface area (Å²) >= 11 is 5.61. The van der Waals surface area contributed by atoms with E-state index in [1.807, 2.05) is 18.2 Å². The number of phenolic OH excluding ortho intramolecular Hbond substituents is 1. The van der Waals surface area contributed by atoms with Gasteiger partial charge in [-0.05, 0) is 23.8 Å². The number of rotatable bonds is 3. The highest BCUT2D eigenvalue weighted by Crippen LogP contribution is 2.12. The molecule has 1 aromatic heterocycles. The summed E-state index contributed by atoms with van der Waals surface area (Å²) in [6, 6.07) is 10.5. The van der Waals surface area contributed by atoms with Crippen LogP contribution in [0.2, 0.25) is 0 Å². The van der Waals surface area contributed by atoms with Crippen LogP contribution in [0.4, 0.5) is 0 Å². The largest absolute Gasteiger partial charge is 0.508 e. The Kier molecular flexibility index (Phi) is 3.49. The molecule has 0 unspecified atom stereocenters. The van der Waals surface area contributed by atoms with E-state index < -0.39 is 0 Å². The lowest BCUT2D eigenvalue weighted by molar-refractivity contribution is 0.475. The molecule has 0 spiro atoms. The topological polar surface area (TPSA) is 53.1 Å². The zero-order valence-corrected chi connectivity index (χ0v) is 9.87. The fourth-order valence-electron chi connectivity index (χ4n) is 1.59. The van der Waals surface area contributed by atoms with Crippen LogP contribution >= 0.6 is 11.6 Å². The number of nitrogens with one attached hydrogen (secondary N) is 1. The van der Waals surface area contributed by atoms with E-state index in [9.17, 15) is 4.79 Å². The van der Waals surface area contributed by atoms with E-state index in [0.29, 0.717) is 12.0 Å². The molecule has 0 saturated carbocycles. The highest BCUT2D eigenvalue weighted by atomic mass is 35.5. The number of H-pyrrole nitrogens is 1. The van der Waals surface area contributed by atoms with E-state index in [1.54, 1.807) is 18.2 Å². The fraction of sp³-hybridized carbons (Fsp3) is 0.154. The van der Waals surface area contributed by atoms with Gasteiger partial charge >= 0.3 is 0 Å². The van der Waals surface area contributed by atoms with E-state index in [0.717, 1.165) is 11.3 Å². The van der Waals surface area contributed by atoms with E-state index in [1.165, 1.54) is 0 Å². The third-order valence-corrected chi connectivity index (χ3v) is 2.81. The summed E-state index contributed by atoms with van der Waals surface area (Å²) in [4.78, 5) is 14.3. The molecule has 4 heteroatoms. The number of halogens is 1. The summed E-state index contributed by atoms with van der Waals surface area (Å²) in [5.41, 5.74) is 2.28. The van der Waals surface area contributed by atoms with Crippen molar-refractivity contribution in [2.24, 2.45) is 0 Å². The SMILES string of the molecule is O=c1[nH]c(Cc2ccc(O)cc2)ccc1CCl. The van der Waals surface area contributed by atoms with Crippen LogP contribution in [-0.4, -0.2) is 10.1 Å². The van der Waals surface area contributed by atoms with Crippen molar-refractivity contribution >= 4 is 11.6 Å². The Labute approximate surface area is 104 Å². The van der Waals surface area contributed by atoms with Gasteiger partial charge in [0.2, 0.25) is 0 Å². The Bertz CT molecular complexity index is 560. The van der Waals surface area contributed by atoms with Crippen molar-refractivity contribution in [3.8, 4) is 5.75 Å². The van der Waals surface area contributed by atoms with Crippen LogP contribution in [0.1, 0.15) is 16.8 Å². The summed E-state index contributed by atoms with van der Waals surface area (Å²) in [6.45, 7) is 0. The Balaban J connectivity index is 2.22. The molecule has 88 valence electrons. The third-order valence-electron chi connectivity index (χ3n) is 2.53. The second-order valence-corrected chi connectivity index (χ2v) is 4.08. The number of hydrogen-bond donors (Lipinski definition) is 2. The van der Waals surface area contributed by atoms with Gasteiger partial charge in [-0.1, -0.05) is 18.2 Å². The second kappa shape index (κ2) is 5.06. The lowest BCUT2D eigenvalue weighted by atomic mass is 10.1. The predicted octanol–water partition coefficient (Wildman–Crippen LogP) is 2.41. The molecule has 2 N–H and O–H groups in total. The first kappa shape index (κ1) is 11.7. The number of hydrogen-bond acceptors (Lipinski definition) is 2. The van der Waals surface area contributed by atoms with Gasteiger partial charge < -0.3 is 10.1 Å². The number of aromatic amines is 1. The van der Waals surface area contributed by atoms with Crippen LogP contribution in [0.3, 0.4) is 0 Å². The minimum atomic E-state index is -0.142. The van der Waals surface area contributed by atoms with Crippen molar-refractivity contribution in [1.82, 2.24) is 4.98 Å². The molecule has 0 atom stereocenters. The minimum absolute atomic E-state index is 0.142. The average molecular weight is 250 g/mol. The maximum atomic E-state index is 11.5. The molecule has 2 rings (SSSR count). The minimum Gasteiger partial charge on any atom is -0.508 e. The van der Waals surface area contributed by atoms with E-state index >= 15 is 0 Å². The van der Waals surface area contributed by atoms with Crippen molar-refractivity contribution in [2.75, 3.05) is 0 Å². The number of benzene rings is 1. The monoisotopic (exact) mass is 249 g/mol. The maximum Gasteiger partial charge on any atom is 0.252 e. The van der Waals surface area contributed by atoms with Crippen LogP contribution in [-0.2, 0) is 12.3 Å². The summed E-state index contributed by atoms with van der Waals surface area (Å²) < 4.78 is 0. The van der Waals surface area contributed by atoms with Crippen LogP contribution in [0.5, 0.6) is 5.75 Å². The molecule has 1 aromatic carbocycles. The van der Waals surface area contributed by atoms with Crippen molar-refractivity contribution in [2.45, 2.75) is 12.3 Å². The smallest absolute Gasteiger partial charge is 0.252 e. The van der Waals surface area contributed by atoms with Gasteiger partial charge in [-0.2, -0.15) is 0 Å².